The van der Waals surface area contributed by atoms with Gasteiger partial charge in [-0.05, 0) is 31.2 Å². The summed E-state index contributed by atoms with van der Waals surface area (Å²) in [6.07, 6.45) is 3.02. The van der Waals surface area contributed by atoms with Gasteiger partial charge < -0.3 is 9.64 Å². The Balaban J connectivity index is 1.43. The Kier molecular flexibility index (Phi) is 4.30. The molecule has 1 aliphatic heterocycles. The van der Waals surface area contributed by atoms with E-state index in [9.17, 15) is 4.79 Å². The van der Waals surface area contributed by atoms with Crippen LogP contribution < -0.4 is 4.74 Å². The predicted octanol–water partition coefficient (Wildman–Crippen LogP) is 2.35. The van der Waals surface area contributed by atoms with Gasteiger partial charge in [-0.25, -0.2) is 9.67 Å². The van der Waals surface area contributed by atoms with Gasteiger partial charge in [0.15, 0.2) is 0 Å². The van der Waals surface area contributed by atoms with Crippen molar-refractivity contribution in [2.75, 3.05) is 13.1 Å². The molecule has 0 aliphatic carbocycles. The Hall–Kier alpha value is -3.66. The summed E-state index contributed by atoms with van der Waals surface area (Å²) in [5.41, 5.74) is 2.68. The van der Waals surface area contributed by atoms with E-state index >= 15 is 0 Å². The number of ether oxygens (including phenoxy) is 1. The first kappa shape index (κ1) is 16.8. The van der Waals surface area contributed by atoms with Crippen LogP contribution in [0.5, 0.6) is 5.88 Å². The van der Waals surface area contributed by atoms with E-state index < -0.39 is 0 Å². The molecule has 7 nitrogen and oxygen atoms in total. The topological polar surface area (TPSA) is 84.0 Å². The minimum Gasteiger partial charge on any atom is -0.470 e. The number of rotatable bonds is 4. The fraction of sp³-hybridized carbons (Fsp3) is 0.200. The Labute approximate surface area is 156 Å². The molecule has 3 heterocycles. The number of nitrogens with zero attached hydrogens (tertiary/aromatic N) is 5. The fourth-order valence-corrected chi connectivity index (χ4v) is 3.03. The zero-order valence-electron chi connectivity index (χ0n) is 14.7. The standard InChI is InChI=1S/C20H17N5O2/c1-14-18(11-23-25(14)16-7-3-2-4-8-16)20(26)24-12-17(13-24)27-19-15(10-21)6-5-9-22-19/h2-9,11,17H,12-13H2,1H3. The number of benzene rings is 1. The summed E-state index contributed by atoms with van der Waals surface area (Å²) in [6.45, 7) is 2.79. The molecule has 0 unspecified atom stereocenters. The number of amides is 1. The highest BCUT2D eigenvalue weighted by molar-refractivity contribution is 5.95. The maximum Gasteiger partial charge on any atom is 0.257 e. The summed E-state index contributed by atoms with van der Waals surface area (Å²) >= 11 is 0. The van der Waals surface area contributed by atoms with E-state index in [4.69, 9.17) is 10.00 Å². The van der Waals surface area contributed by atoms with Gasteiger partial charge in [0.25, 0.3) is 5.91 Å². The molecular weight excluding hydrogens is 342 g/mol. The van der Waals surface area contributed by atoms with Gasteiger partial charge in [0.2, 0.25) is 5.88 Å². The molecule has 0 bridgehead atoms. The molecule has 1 saturated heterocycles. The quantitative estimate of drug-likeness (QED) is 0.714. The summed E-state index contributed by atoms with van der Waals surface area (Å²) < 4.78 is 7.50. The third-order valence-electron chi connectivity index (χ3n) is 4.55. The van der Waals surface area contributed by atoms with E-state index in [-0.39, 0.29) is 12.0 Å². The molecule has 1 aromatic carbocycles. The number of pyridine rings is 1. The molecule has 0 saturated carbocycles. The van der Waals surface area contributed by atoms with Gasteiger partial charge in [-0.1, -0.05) is 18.2 Å². The lowest BCUT2D eigenvalue weighted by Crippen LogP contribution is -2.56. The molecule has 3 aromatic rings. The smallest absolute Gasteiger partial charge is 0.257 e. The summed E-state index contributed by atoms with van der Waals surface area (Å²) in [7, 11) is 0. The van der Waals surface area contributed by atoms with E-state index in [1.807, 2.05) is 37.3 Å². The number of carbonyl (C=O) groups excluding carboxylic acids is 1. The number of nitriles is 1. The average Bonchev–Trinajstić information content (AvgIpc) is 3.06. The van der Waals surface area contributed by atoms with Crippen LogP contribution in [-0.4, -0.2) is 44.8 Å². The van der Waals surface area contributed by atoms with Crippen LogP contribution in [0.1, 0.15) is 21.6 Å². The van der Waals surface area contributed by atoms with Crippen LogP contribution in [-0.2, 0) is 0 Å². The molecule has 134 valence electrons. The van der Waals surface area contributed by atoms with Gasteiger partial charge in [-0.3, -0.25) is 4.79 Å². The first-order valence-corrected chi connectivity index (χ1v) is 8.58. The lowest BCUT2D eigenvalue weighted by Gasteiger charge is -2.38. The number of carbonyl (C=O) groups is 1. The molecule has 1 fully saturated rings. The minimum absolute atomic E-state index is 0.0731. The number of para-hydroxylation sites is 1. The van der Waals surface area contributed by atoms with Crippen molar-refractivity contribution in [2.24, 2.45) is 0 Å². The SMILES string of the molecule is Cc1c(C(=O)N2CC(Oc3ncccc3C#N)C2)cnn1-c1ccccc1. The van der Waals surface area contributed by atoms with Crippen molar-refractivity contribution in [1.29, 1.82) is 5.26 Å². The average molecular weight is 359 g/mol. The van der Waals surface area contributed by atoms with E-state index in [2.05, 4.69) is 16.2 Å². The normalized spacial score (nSPS) is 13.7. The van der Waals surface area contributed by atoms with Crippen molar-refractivity contribution in [3.05, 3.63) is 71.7 Å². The monoisotopic (exact) mass is 359 g/mol. The Morgan fingerprint density at radius 3 is 2.74 bits per heavy atom. The first-order chi connectivity index (χ1) is 13.2. The number of aromatic nitrogens is 3. The molecule has 1 aliphatic rings. The lowest BCUT2D eigenvalue weighted by atomic mass is 10.1. The fourth-order valence-electron chi connectivity index (χ4n) is 3.03. The van der Waals surface area contributed by atoms with E-state index in [0.29, 0.717) is 30.1 Å². The van der Waals surface area contributed by atoms with Gasteiger partial charge in [-0.2, -0.15) is 10.4 Å². The largest absolute Gasteiger partial charge is 0.470 e. The summed E-state index contributed by atoms with van der Waals surface area (Å²) in [5, 5.41) is 13.4. The molecule has 2 aromatic heterocycles. The maximum absolute atomic E-state index is 12.8. The summed E-state index contributed by atoms with van der Waals surface area (Å²) in [4.78, 5) is 18.6. The van der Waals surface area contributed by atoms with Crippen LogP contribution in [0.25, 0.3) is 5.69 Å². The van der Waals surface area contributed by atoms with Crippen molar-refractivity contribution in [2.45, 2.75) is 13.0 Å². The Morgan fingerprint density at radius 2 is 2.00 bits per heavy atom. The zero-order chi connectivity index (χ0) is 18.8. The van der Waals surface area contributed by atoms with Crippen LogP contribution in [0.3, 0.4) is 0 Å². The van der Waals surface area contributed by atoms with Crippen LogP contribution >= 0.6 is 0 Å². The van der Waals surface area contributed by atoms with Crippen LogP contribution in [0, 0.1) is 18.3 Å². The highest BCUT2D eigenvalue weighted by atomic mass is 16.5. The van der Waals surface area contributed by atoms with Crippen molar-refractivity contribution in [1.82, 2.24) is 19.7 Å². The summed E-state index contributed by atoms with van der Waals surface area (Å²) in [6, 6.07) is 15.1. The van der Waals surface area contributed by atoms with Crippen LogP contribution in [0.4, 0.5) is 0 Å². The second-order valence-corrected chi connectivity index (χ2v) is 6.31. The molecule has 1 amide bonds. The third-order valence-corrected chi connectivity index (χ3v) is 4.55. The van der Waals surface area contributed by atoms with Crippen molar-refractivity contribution >= 4 is 5.91 Å². The number of hydrogen-bond acceptors (Lipinski definition) is 5. The van der Waals surface area contributed by atoms with Crippen LogP contribution in [0.2, 0.25) is 0 Å². The minimum atomic E-state index is -0.166. The van der Waals surface area contributed by atoms with Gasteiger partial charge >= 0.3 is 0 Å². The van der Waals surface area contributed by atoms with Crippen molar-refractivity contribution in [3.63, 3.8) is 0 Å². The number of likely N-dealkylation sites (tertiary alicyclic amines) is 1. The highest BCUT2D eigenvalue weighted by Gasteiger charge is 2.34. The van der Waals surface area contributed by atoms with E-state index in [0.717, 1.165) is 11.4 Å². The van der Waals surface area contributed by atoms with Crippen molar-refractivity contribution < 1.29 is 9.53 Å². The van der Waals surface area contributed by atoms with Crippen molar-refractivity contribution in [3.8, 4) is 17.6 Å². The summed E-state index contributed by atoms with van der Waals surface area (Å²) in [5.74, 6) is 0.237. The van der Waals surface area contributed by atoms with Crippen LogP contribution in [0.15, 0.2) is 54.9 Å². The second-order valence-electron chi connectivity index (χ2n) is 6.31. The molecule has 0 atom stereocenters. The third kappa shape index (κ3) is 3.13. The second kappa shape index (κ2) is 6.92. The first-order valence-electron chi connectivity index (χ1n) is 8.58. The molecule has 0 N–H and O–H groups in total. The maximum atomic E-state index is 12.8. The predicted molar refractivity (Wildman–Crippen MR) is 97.6 cm³/mol. The molecule has 0 spiro atoms. The van der Waals surface area contributed by atoms with E-state index in [1.165, 1.54) is 0 Å². The molecule has 27 heavy (non-hydrogen) atoms. The lowest BCUT2D eigenvalue weighted by molar-refractivity contribution is 0.0158. The highest BCUT2D eigenvalue weighted by Crippen LogP contribution is 2.22. The Morgan fingerprint density at radius 1 is 1.22 bits per heavy atom. The molecular formula is C20H17N5O2. The molecule has 0 radical (unpaired) electrons. The number of hydrogen-bond donors (Lipinski definition) is 0. The van der Waals surface area contributed by atoms with E-state index in [1.54, 1.807) is 34.1 Å². The van der Waals surface area contributed by atoms with Gasteiger partial charge in [0.05, 0.1) is 36.2 Å². The van der Waals surface area contributed by atoms with Gasteiger partial charge in [0, 0.05) is 6.20 Å². The van der Waals surface area contributed by atoms with Gasteiger partial charge in [-0.15, -0.1) is 0 Å². The molecule has 4 rings (SSSR count). The molecule has 7 heteroatoms. The van der Waals surface area contributed by atoms with Gasteiger partial charge in [0.1, 0.15) is 17.7 Å². The zero-order valence-corrected chi connectivity index (χ0v) is 14.7. The Bertz CT molecular complexity index is 1020.